The van der Waals surface area contributed by atoms with Gasteiger partial charge in [0.15, 0.2) is 0 Å². The van der Waals surface area contributed by atoms with E-state index in [9.17, 15) is 15.0 Å². The maximum atomic E-state index is 12.2. The van der Waals surface area contributed by atoms with Crippen molar-refractivity contribution >= 4 is 5.91 Å². The molecular weight excluding hydrogens is 378 g/mol. The van der Waals surface area contributed by atoms with Crippen LogP contribution in [0, 0.1) is 17.8 Å². The molecule has 5 atom stereocenters. The third-order valence-corrected chi connectivity index (χ3v) is 6.74. The van der Waals surface area contributed by atoms with Crippen molar-refractivity contribution in [3.05, 3.63) is 23.8 Å². The summed E-state index contributed by atoms with van der Waals surface area (Å²) in [5.41, 5.74) is 1.10. The number of unbranched alkanes of at least 4 members (excludes halogenated alkanes) is 2. The maximum absolute atomic E-state index is 12.2. The molecule has 5 nitrogen and oxygen atoms in total. The summed E-state index contributed by atoms with van der Waals surface area (Å²) in [5.74, 6) is 0.989. The summed E-state index contributed by atoms with van der Waals surface area (Å²) in [6, 6.07) is 0. The van der Waals surface area contributed by atoms with Crippen LogP contribution in [0.2, 0.25) is 0 Å². The van der Waals surface area contributed by atoms with Gasteiger partial charge in [-0.1, -0.05) is 44.4 Å². The SMILES string of the molecule is CCCCC[C@H](O)/C=C/[C@@H]1[C@H]2CC(COCCC(=O)N(C)C(C)(C)C)=C[C@H]2C[C@H]1O. The predicted octanol–water partition coefficient (Wildman–Crippen LogP) is 4.09. The molecule has 30 heavy (non-hydrogen) atoms. The van der Waals surface area contributed by atoms with E-state index in [1.165, 1.54) is 5.57 Å². The third kappa shape index (κ3) is 7.21. The molecule has 0 spiro atoms. The van der Waals surface area contributed by atoms with Gasteiger partial charge in [0.05, 0.1) is 31.8 Å². The topological polar surface area (TPSA) is 70.0 Å². The first-order valence-corrected chi connectivity index (χ1v) is 11.7. The first-order valence-electron chi connectivity index (χ1n) is 11.7. The molecule has 0 unspecified atom stereocenters. The lowest BCUT2D eigenvalue weighted by molar-refractivity contribution is -0.135. The van der Waals surface area contributed by atoms with Crippen molar-refractivity contribution in [2.24, 2.45) is 17.8 Å². The van der Waals surface area contributed by atoms with Crippen LogP contribution in [-0.2, 0) is 9.53 Å². The molecule has 2 rings (SSSR count). The molecule has 0 heterocycles. The number of nitrogens with zero attached hydrogens (tertiary/aromatic N) is 1. The summed E-state index contributed by atoms with van der Waals surface area (Å²) in [5, 5.41) is 20.6. The van der Waals surface area contributed by atoms with Gasteiger partial charge in [-0.3, -0.25) is 4.79 Å². The highest BCUT2D eigenvalue weighted by molar-refractivity contribution is 5.76. The number of hydrogen-bond acceptors (Lipinski definition) is 4. The zero-order chi connectivity index (χ0) is 22.3. The molecule has 172 valence electrons. The van der Waals surface area contributed by atoms with E-state index >= 15 is 0 Å². The first-order chi connectivity index (χ1) is 14.1. The van der Waals surface area contributed by atoms with Crippen LogP contribution in [0.4, 0.5) is 0 Å². The number of hydrogen-bond donors (Lipinski definition) is 2. The molecule has 0 aliphatic heterocycles. The van der Waals surface area contributed by atoms with Gasteiger partial charge in [-0.2, -0.15) is 0 Å². The maximum Gasteiger partial charge on any atom is 0.225 e. The average molecular weight is 422 g/mol. The first kappa shape index (κ1) is 25.1. The number of amides is 1. The van der Waals surface area contributed by atoms with E-state index < -0.39 is 6.10 Å². The van der Waals surface area contributed by atoms with E-state index in [-0.39, 0.29) is 23.5 Å². The number of rotatable bonds is 11. The molecule has 5 heteroatoms. The molecule has 2 aliphatic rings. The van der Waals surface area contributed by atoms with E-state index in [1.807, 2.05) is 40.0 Å². The minimum atomic E-state index is -0.413. The molecule has 1 amide bonds. The lowest BCUT2D eigenvalue weighted by Crippen LogP contribution is -2.42. The Morgan fingerprint density at radius 1 is 1.37 bits per heavy atom. The number of aliphatic hydroxyl groups is 2. The fourth-order valence-electron chi connectivity index (χ4n) is 4.57. The van der Waals surface area contributed by atoms with Gasteiger partial charge < -0.3 is 19.8 Å². The second-order valence-corrected chi connectivity index (χ2v) is 10.1. The highest BCUT2D eigenvalue weighted by Crippen LogP contribution is 2.47. The van der Waals surface area contributed by atoms with Crippen molar-refractivity contribution in [1.82, 2.24) is 4.90 Å². The Labute approximate surface area is 183 Å². The van der Waals surface area contributed by atoms with Crippen LogP contribution in [0.25, 0.3) is 0 Å². The van der Waals surface area contributed by atoms with Gasteiger partial charge in [0, 0.05) is 18.5 Å². The predicted molar refractivity (Wildman–Crippen MR) is 121 cm³/mol. The molecule has 0 aromatic heterocycles. The molecule has 0 aromatic rings. The third-order valence-electron chi connectivity index (χ3n) is 6.74. The zero-order valence-electron chi connectivity index (χ0n) is 19.6. The molecule has 1 fully saturated rings. The van der Waals surface area contributed by atoms with Gasteiger partial charge in [0.25, 0.3) is 0 Å². The molecule has 0 radical (unpaired) electrons. The van der Waals surface area contributed by atoms with Gasteiger partial charge in [-0.05, 0) is 57.4 Å². The Hall–Kier alpha value is -1.17. The van der Waals surface area contributed by atoms with Gasteiger partial charge in [0.2, 0.25) is 5.91 Å². The van der Waals surface area contributed by atoms with Crippen molar-refractivity contribution < 1.29 is 19.7 Å². The van der Waals surface area contributed by atoms with Crippen molar-refractivity contribution in [1.29, 1.82) is 0 Å². The fraction of sp³-hybridized carbons (Fsp3) is 0.800. The fourth-order valence-corrected chi connectivity index (χ4v) is 4.57. The van der Waals surface area contributed by atoms with E-state index in [2.05, 4.69) is 13.0 Å². The summed E-state index contributed by atoms with van der Waals surface area (Å²) in [6.45, 7) is 9.23. The monoisotopic (exact) mass is 421 g/mol. The zero-order valence-corrected chi connectivity index (χ0v) is 19.6. The smallest absolute Gasteiger partial charge is 0.225 e. The molecule has 2 N–H and O–H groups in total. The molecule has 0 aromatic carbocycles. The van der Waals surface area contributed by atoms with Gasteiger partial charge in [-0.25, -0.2) is 0 Å². The summed E-state index contributed by atoms with van der Waals surface area (Å²) in [4.78, 5) is 14.0. The normalized spacial score (nSPS) is 27.4. The van der Waals surface area contributed by atoms with Crippen molar-refractivity contribution in [2.45, 2.75) is 90.4 Å². The van der Waals surface area contributed by atoms with E-state index in [4.69, 9.17) is 4.74 Å². The molecule has 0 saturated heterocycles. The van der Waals surface area contributed by atoms with Gasteiger partial charge >= 0.3 is 0 Å². The number of fused-ring (bicyclic) bond motifs is 1. The number of allylic oxidation sites excluding steroid dienone is 1. The average Bonchev–Trinajstić information content (AvgIpc) is 3.18. The van der Waals surface area contributed by atoms with Crippen LogP contribution in [0.1, 0.15) is 72.6 Å². The van der Waals surface area contributed by atoms with Crippen molar-refractivity contribution in [3.8, 4) is 0 Å². The second-order valence-electron chi connectivity index (χ2n) is 10.1. The standard InChI is InChI=1S/C25H43NO4/c1-6-7-8-9-20(27)10-11-21-22-15-18(14-19(22)16-23(21)28)17-30-13-12-24(29)26(5)25(2,3)4/h10-11,14,19-23,27-28H,6-9,12-13,15-17H2,1-5H3/b11-10+/t19-,20-,21+,22-,23+/m0/s1. The largest absolute Gasteiger partial charge is 0.392 e. The Morgan fingerprint density at radius 3 is 2.77 bits per heavy atom. The van der Waals surface area contributed by atoms with E-state index in [0.717, 1.165) is 38.5 Å². The minimum Gasteiger partial charge on any atom is -0.392 e. The number of carbonyl (C=O) groups is 1. The highest BCUT2D eigenvalue weighted by Gasteiger charge is 2.43. The van der Waals surface area contributed by atoms with Crippen molar-refractivity contribution in [2.75, 3.05) is 20.3 Å². The highest BCUT2D eigenvalue weighted by atomic mass is 16.5. The van der Waals surface area contributed by atoms with Crippen LogP contribution in [0.5, 0.6) is 0 Å². The van der Waals surface area contributed by atoms with E-state index in [0.29, 0.717) is 31.5 Å². The summed E-state index contributed by atoms with van der Waals surface area (Å²) < 4.78 is 5.80. The Morgan fingerprint density at radius 2 is 2.10 bits per heavy atom. The lowest BCUT2D eigenvalue weighted by atomic mass is 9.89. The van der Waals surface area contributed by atoms with E-state index in [1.54, 1.807) is 4.90 Å². The summed E-state index contributed by atoms with van der Waals surface area (Å²) in [7, 11) is 1.84. The van der Waals surface area contributed by atoms with Crippen LogP contribution in [-0.4, -0.2) is 59.0 Å². The second kappa shape index (κ2) is 11.4. The Balaban J connectivity index is 1.75. The lowest BCUT2D eigenvalue weighted by Gasteiger charge is -2.32. The molecule has 0 bridgehead atoms. The molecule has 1 saturated carbocycles. The van der Waals surface area contributed by atoms with Crippen LogP contribution in [0.3, 0.4) is 0 Å². The van der Waals surface area contributed by atoms with Crippen LogP contribution >= 0.6 is 0 Å². The van der Waals surface area contributed by atoms with Crippen molar-refractivity contribution in [3.63, 3.8) is 0 Å². The van der Waals surface area contributed by atoms with Gasteiger partial charge in [-0.15, -0.1) is 0 Å². The van der Waals surface area contributed by atoms with Gasteiger partial charge in [0.1, 0.15) is 0 Å². The van der Waals surface area contributed by atoms with Crippen LogP contribution in [0.15, 0.2) is 23.8 Å². The quantitative estimate of drug-likeness (QED) is 0.389. The summed E-state index contributed by atoms with van der Waals surface area (Å²) in [6.07, 6.45) is 11.7. The Bertz CT molecular complexity index is 607. The molecule has 2 aliphatic carbocycles. The molecular formula is C25H43NO4. The number of aliphatic hydroxyl groups excluding tert-OH is 2. The minimum absolute atomic E-state index is 0.102. The number of ether oxygens (including phenoxy) is 1. The van der Waals surface area contributed by atoms with Crippen LogP contribution < -0.4 is 0 Å². The summed E-state index contributed by atoms with van der Waals surface area (Å²) >= 11 is 0. The Kier molecular flexibility index (Phi) is 9.58. The number of carbonyl (C=O) groups excluding carboxylic acids is 1.